The van der Waals surface area contributed by atoms with Crippen molar-refractivity contribution in [2.24, 2.45) is 0 Å². The lowest BCUT2D eigenvalue weighted by atomic mass is 10.1. The number of carbonyl (C=O) groups excluding carboxylic acids is 1. The maximum Gasteiger partial charge on any atom is 0.260 e. The van der Waals surface area contributed by atoms with Crippen LogP contribution in [-0.4, -0.2) is 20.4 Å². The smallest absolute Gasteiger partial charge is 0.260 e. The molecule has 0 fully saturated rings. The molecular weight excluding hydrogens is 368 g/mol. The maximum atomic E-state index is 12.9. The number of nitrogens with zero attached hydrogens (tertiary/aromatic N) is 3. The molecule has 1 N–H and O–H groups in total. The number of hydrogen-bond acceptors (Lipinski definition) is 5. The van der Waals surface area contributed by atoms with Crippen LogP contribution < -0.4 is 10.9 Å². The SMILES string of the molecule is Cc1coc(Cn2ccc3nc(C)c(C(=O)NCc4ccccc4)cc3c2=O)n1. The van der Waals surface area contributed by atoms with Crippen LogP contribution in [0.15, 0.2) is 64.1 Å². The minimum atomic E-state index is -0.265. The lowest BCUT2D eigenvalue weighted by Crippen LogP contribution is -2.25. The fourth-order valence-corrected chi connectivity index (χ4v) is 3.15. The maximum absolute atomic E-state index is 12.9. The number of benzene rings is 1. The van der Waals surface area contributed by atoms with Crippen molar-refractivity contribution in [1.82, 2.24) is 19.9 Å². The van der Waals surface area contributed by atoms with Crippen molar-refractivity contribution in [1.29, 1.82) is 0 Å². The molecule has 0 saturated heterocycles. The van der Waals surface area contributed by atoms with E-state index in [0.29, 0.717) is 34.6 Å². The summed E-state index contributed by atoms with van der Waals surface area (Å²) in [4.78, 5) is 34.3. The second-order valence-corrected chi connectivity index (χ2v) is 6.85. The average molecular weight is 388 g/mol. The van der Waals surface area contributed by atoms with Crippen LogP contribution >= 0.6 is 0 Å². The monoisotopic (exact) mass is 388 g/mol. The summed E-state index contributed by atoms with van der Waals surface area (Å²) in [5.41, 5.74) is 3.01. The van der Waals surface area contributed by atoms with E-state index in [2.05, 4.69) is 15.3 Å². The van der Waals surface area contributed by atoms with Crippen molar-refractivity contribution in [2.45, 2.75) is 26.9 Å². The first kappa shape index (κ1) is 18.6. The van der Waals surface area contributed by atoms with Gasteiger partial charge in [0, 0.05) is 12.7 Å². The first-order valence-corrected chi connectivity index (χ1v) is 9.25. The number of nitrogens with one attached hydrogen (secondary N) is 1. The Kier molecular flexibility index (Phi) is 4.95. The third kappa shape index (κ3) is 3.94. The van der Waals surface area contributed by atoms with Gasteiger partial charge in [-0.05, 0) is 31.5 Å². The normalized spacial score (nSPS) is 11.0. The highest BCUT2D eigenvalue weighted by Crippen LogP contribution is 2.14. The molecule has 7 heteroatoms. The highest BCUT2D eigenvalue weighted by molar-refractivity contribution is 5.98. The van der Waals surface area contributed by atoms with Gasteiger partial charge in [-0.15, -0.1) is 0 Å². The van der Waals surface area contributed by atoms with Gasteiger partial charge >= 0.3 is 0 Å². The van der Waals surface area contributed by atoms with E-state index in [4.69, 9.17) is 4.42 Å². The number of aromatic nitrogens is 3. The summed E-state index contributed by atoms with van der Waals surface area (Å²) in [6.07, 6.45) is 3.20. The van der Waals surface area contributed by atoms with E-state index in [-0.39, 0.29) is 18.0 Å². The van der Waals surface area contributed by atoms with Crippen LogP contribution in [0.2, 0.25) is 0 Å². The van der Waals surface area contributed by atoms with Crippen molar-refractivity contribution in [3.63, 3.8) is 0 Å². The molecule has 146 valence electrons. The van der Waals surface area contributed by atoms with Gasteiger partial charge in [0.15, 0.2) is 0 Å². The van der Waals surface area contributed by atoms with Crippen LogP contribution in [0.3, 0.4) is 0 Å². The third-order valence-corrected chi connectivity index (χ3v) is 4.66. The molecule has 0 unspecified atom stereocenters. The average Bonchev–Trinajstić information content (AvgIpc) is 3.13. The van der Waals surface area contributed by atoms with E-state index in [9.17, 15) is 9.59 Å². The first-order chi connectivity index (χ1) is 14.0. The predicted octanol–water partition coefficient (Wildman–Crippen LogP) is 2.98. The number of amides is 1. The minimum Gasteiger partial charge on any atom is -0.447 e. The van der Waals surface area contributed by atoms with Gasteiger partial charge in [0.05, 0.1) is 27.9 Å². The van der Waals surface area contributed by atoms with E-state index in [1.54, 1.807) is 31.5 Å². The zero-order chi connectivity index (χ0) is 20.4. The molecule has 1 amide bonds. The van der Waals surface area contributed by atoms with Crippen LogP contribution in [-0.2, 0) is 13.1 Å². The molecule has 0 bridgehead atoms. The first-order valence-electron chi connectivity index (χ1n) is 9.25. The highest BCUT2D eigenvalue weighted by atomic mass is 16.3. The second-order valence-electron chi connectivity index (χ2n) is 6.85. The number of pyridine rings is 2. The standard InChI is InChI=1S/C22H20N4O3/c1-14-13-29-20(24-14)12-26-9-8-19-18(22(26)28)10-17(15(2)25-19)21(27)23-11-16-6-4-3-5-7-16/h3-10,13H,11-12H2,1-2H3,(H,23,27). The van der Waals surface area contributed by atoms with Crippen molar-refractivity contribution < 1.29 is 9.21 Å². The Bertz CT molecular complexity index is 1240. The Balaban J connectivity index is 1.64. The van der Waals surface area contributed by atoms with Crippen molar-refractivity contribution in [3.8, 4) is 0 Å². The number of aryl methyl sites for hydroxylation is 2. The second kappa shape index (κ2) is 7.71. The Morgan fingerprint density at radius 1 is 1.14 bits per heavy atom. The Morgan fingerprint density at radius 2 is 1.93 bits per heavy atom. The van der Waals surface area contributed by atoms with Gasteiger partial charge in [-0.2, -0.15) is 0 Å². The van der Waals surface area contributed by atoms with Gasteiger partial charge in [-0.3, -0.25) is 14.6 Å². The van der Waals surface area contributed by atoms with E-state index in [1.165, 1.54) is 4.57 Å². The molecule has 0 radical (unpaired) electrons. The molecule has 0 aliphatic carbocycles. The number of rotatable bonds is 5. The Morgan fingerprint density at radius 3 is 2.66 bits per heavy atom. The van der Waals surface area contributed by atoms with Crippen LogP contribution in [0.25, 0.3) is 10.9 Å². The zero-order valence-corrected chi connectivity index (χ0v) is 16.2. The molecule has 0 saturated carbocycles. The van der Waals surface area contributed by atoms with Gasteiger partial charge in [-0.25, -0.2) is 4.98 Å². The molecule has 0 spiro atoms. The molecule has 4 rings (SSSR count). The molecule has 4 aromatic rings. The zero-order valence-electron chi connectivity index (χ0n) is 16.2. The number of carbonyl (C=O) groups is 1. The number of fused-ring (bicyclic) bond motifs is 1. The van der Waals surface area contributed by atoms with Crippen molar-refractivity contribution in [2.75, 3.05) is 0 Å². The fraction of sp³-hybridized carbons (Fsp3) is 0.182. The Labute approximate surface area is 167 Å². The van der Waals surface area contributed by atoms with Crippen LogP contribution in [0.1, 0.15) is 33.2 Å². The van der Waals surface area contributed by atoms with E-state index in [1.807, 2.05) is 37.3 Å². The van der Waals surface area contributed by atoms with E-state index >= 15 is 0 Å². The summed E-state index contributed by atoms with van der Waals surface area (Å²) in [5, 5.41) is 3.27. The summed E-state index contributed by atoms with van der Waals surface area (Å²) in [6.45, 7) is 4.20. The third-order valence-electron chi connectivity index (χ3n) is 4.66. The summed E-state index contributed by atoms with van der Waals surface area (Å²) >= 11 is 0. The van der Waals surface area contributed by atoms with E-state index < -0.39 is 0 Å². The van der Waals surface area contributed by atoms with Gasteiger partial charge in [0.2, 0.25) is 5.89 Å². The lowest BCUT2D eigenvalue weighted by Gasteiger charge is -2.10. The largest absolute Gasteiger partial charge is 0.447 e. The molecule has 3 aromatic heterocycles. The molecule has 0 aliphatic heterocycles. The molecule has 1 aromatic carbocycles. The van der Waals surface area contributed by atoms with Crippen molar-refractivity contribution in [3.05, 3.63) is 93.7 Å². The molecular formula is C22H20N4O3. The molecule has 0 aliphatic rings. The Hall–Kier alpha value is -3.74. The predicted molar refractivity (Wildman–Crippen MR) is 109 cm³/mol. The van der Waals surface area contributed by atoms with Gasteiger partial charge < -0.3 is 14.3 Å². The summed E-state index contributed by atoms with van der Waals surface area (Å²) in [5.74, 6) is 0.184. The van der Waals surface area contributed by atoms with Crippen molar-refractivity contribution >= 4 is 16.8 Å². The van der Waals surface area contributed by atoms with E-state index in [0.717, 1.165) is 11.3 Å². The van der Waals surface area contributed by atoms with Crippen LogP contribution in [0.4, 0.5) is 0 Å². The molecule has 29 heavy (non-hydrogen) atoms. The fourth-order valence-electron chi connectivity index (χ4n) is 3.15. The minimum absolute atomic E-state index is 0.214. The molecule has 3 heterocycles. The number of hydrogen-bond donors (Lipinski definition) is 1. The van der Waals surface area contributed by atoms with Crippen LogP contribution in [0, 0.1) is 13.8 Å². The number of oxazole rings is 1. The highest BCUT2D eigenvalue weighted by Gasteiger charge is 2.14. The topological polar surface area (TPSA) is 90.0 Å². The van der Waals surface area contributed by atoms with Gasteiger partial charge in [0.1, 0.15) is 12.8 Å². The summed E-state index contributed by atoms with van der Waals surface area (Å²) in [6, 6.07) is 13.0. The lowest BCUT2D eigenvalue weighted by molar-refractivity contribution is 0.0950. The molecule has 7 nitrogen and oxygen atoms in total. The summed E-state index contributed by atoms with van der Waals surface area (Å²) in [7, 11) is 0. The summed E-state index contributed by atoms with van der Waals surface area (Å²) < 4.78 is 6.84. The quantitative estimate of drug-likeness (QED) is 0.568. The van der Waals surface area contributed by atoms with Gasteiger partial charge in [0.25, 0.3) is 11.5 Å². The van der Waals surface area contributed by atoms with Crippen LogP contribution in [0.5, 0.6) is 0 Å². The van der Waals surface area contributed by atoms with Gasteiger partial charge in [-0.1, -0.05) is 30.3 Å². The molecule has 0 atom stereocenters.